The fraction of sp³-hybridized carbons (Fsp3) is 0.611. The van der Waals surface area contributed by atoms with Crippen LogP contribution in [0.25, 0.3) is 0 Å². The van der Waals surface area contributed by atoms with E-state index in [1.807, 2.05) is 24.3 Å². The van der Waals surface area contributed by atoms with Gasteiger partial charge in [-0.25, -0.2) is 0 Å². The van der Waals surface area contributed by atoms with Gasteiger partial charge in [-0.05, 0) is 80.0 Å². The zero-order valence-electron chi connectivity index (χ0n) is 12.6. The molecular formula is C18H21BrClNO. The molecule has 0 spiro atoms. The van der Waals surface area contributed by atoms with Gasteiger partial charge in [0, 0.05) is 21.5 Å². The number of anilines is 1. The Labute approximate surface area is 145 Å². The van der Waals surface area contributed by atoms with Gasteiger partial charge in [-0.15, -0.1) is 0 Å². The number of benzene rings is 1. The first-order chi connectivity index (χ1) is 10.4. The molecule has 0 aliphatic heterocycles. The van der Waals surface area contributed by atoms with Crippen LogP contribution in [-0.4, -0.2) is 10.2 Å². The van der Waals surface area contributed by atoms with Crippen LogP contribution in [0, 0.1) is 17.3 Å². The smallest absolute Gasteiger partial charge is 0.224 e. The molecule has 2 nitrogen and oxygen atoms in total. The number of halogens is 2. The zero-order chi connectivity index (χ0) is 15.4. The number of carbonyl (C=O) groups excluding carboxylic acids is 1. The van der Waals surface area contributed by atoms with E-state index in [9.17, 15) is 4.79 Å². The van der Waals surface area contributed by atoms with Crippen molar-refractivity contribution in [1.29, 1.82) is 0 Å². The van der Waals surface area contributed by atoms with Gasteiger partial charge >= 0.3 is 0 Å². The molecule has 0 radical (unpaired) electrons. The number of carbonyl (C=O) groups is 1. The van der Waals surface area contributed by atoms with E-state index < -0.39 is 0 Å². The van der Waals surface area contributed by atoms with Crippen LogP contribution in [0.3, 0.4) is 0 Å². The van der Waals surface area contributed by atoms with E-state index in [2.05, 4.69) is 21.2 Å². The molecule has 5 rings (SSSR count). The van der Waals surface area contributed by atoms with Gasteiger partial charge in [0.2, 0.25) is 5.91 Å². The summed E-state index contributed by atoms with van der Waals surface area (Å²) in [6, 6.07) is 7.36. The molecule has 22 heavy (non-hydrogen) atoms. The number of rotatable bonds is 3. The van der Waals surface area contributed by atoms with E-state index in [-0.39, 0.29) is 11.3 Å². The van der Waals surface area contributed by atoms with Gasteiger partial charge in [0.25, 0.3) is 0 Å². The van der Waals surface area contributed by atoms with Gasteiger partial charge in [-0.2, -0.15) is 0 Å². The Kier molecular flexibility index (Phi) is 3.58. The van der Waals surface area contributed by atoms with Crippen LogP contribution in [0.5, 0.6) is 0 Å². The first-order valence-corrected chi connectivity index (χ1v) is 9.35. The Morgan fingerprint density at radius 2 is 1.82 bits per heavy atom. The van der Waals surface area contributed by atoms with E-state index in [0.717, 1.165) is 17.5 Å². The van der Waals surface area contributed by atoms with Crippen molar-refractivity contribution in [2.24, 2.45) is 17.3 Å². The Morgan fingerprint density at radius 1 is 1.18 bits per heavy atom. The van der Waals surface area contributed by atoms with Gasteiger partial charge < -0.3 is 5.32 Å². The number of hydrogen-bond acceptors (Lipinski definition) is 1. The zero-order valence-corrected chi connectivity index (χ0v) is 14.9. The lowest BCUT2D eigenvalue weighted by molar-refractivity contribution is -0.123. The molecule has 0 saturated heterocycles. The van der Waals surface area contributed by atoms with Crippen molar-refractivity contribution in [3.05, 3.63) is 29.3 Å². The number of hydrogen-bond donors (Lipinski definition) is 1. The molecule has 1 aromatic carbocycles. The molecule has 4 fully saturated rings. The van der Waals surface area contributed by atoms with Crippen LogP contribution >= 0.6 is 27.5 Å². The summed E-state index contributed by atoms with van der Waals surface area (Å²) in [4.78, 5) is 12.5. The van der Waals surface area contributed by atoms with E-state index in [0.29, 0.717) is 15.8 Å². The van der Waals surface area contributed by atoms with Crippen LogP contribution in [0.2, 0.25) is 5.02 Å². The summed E-state index contributed by atoms with van der Waals surface area (Å²) in [6.45, 7) is 0. The second-order valence-corrected chi connectivity index (χ2v) is 9.96. The lowest BCUT2D eigenvalue weighted by Crippen LogP contribution is -2.53. The summed E-state index contributed by atoms with van der Waals surface area (Å²) < 4.78 is 0.317. The first kappa shape index (κ1) is 15.0. The van der Waals surface area contributed by atoms with Crippen LogP contribution in [0.15, 0.2) is 24.3 Å². The largest absolute Gasteiger partial charge is 0.326 e. The molecule has 4 aliphatic carbocycles. The maximum absolute atomic E-state index is 12.5. The molecule has 4 atom stereocenters. The highest BCUT2D eigenvalue weighted by Crippen LogP contribution is 2.65. The third-order valence-electron chi connectivity index (χ3n) is 5.77. The molecule has 118 valence electrons. The van der Waals surface area contributed by atoms with Crippen molar-refractivity contribution in [1.82, 2.24) is 0 Å². The molecule has 4 aliphatic rings. The second kappa shape index (κ2) is 5.24. The van der Waals surface area contributed by atoms with E-state index in [1.165, 1.54) is 38.5 Å². The van der Waals surface area contributed by atoms with Crippen molar-refractivity contribution in [3.8, 4) is 0 Å². The minimum Gasteiger partial charge on any atom is -0.326 e. The summed E-state index contributed by atoms with van der Waals surface area (Å²) in [5, 5.41) is 3.74. The van der Waals surface area contributed by atoms with Gasteiger partial charge in [-0.3, -0.25) is 4.79 Å². The maximum atomic E-state index is 12.5. The SMILES string of the molecule is O=C(CC12C[C@@H]3C[C@@H](CC(Br)(C3)C1)C2)Nc1ccc(Cl)cc1. The van der Waals surface area contributed by atoms with Crippen molar-refractivity contribution in [2.75, 3.05) is 5.32 Å². The molecule has 2 unspecified atom stereocenters. The lowest BCUT2D eigenvalue weighted by atomic mass is 9.48. The number of amides is 1. The highest BCUT2D eigenvalue weighted by molar-refractivity contribution is 9.10. The molecule has 4 heteroatoms. The predicted molar refractivity (Wildman–Crippen MR) is 93.5 cm³/mol. The van der Waals surface area contributed by atoms with Gasteiger partial charge in [0.1, 0.15) is 0 Å². The topological polar surface area (TPSA) is 29.1 Å². The molecule has 1 N–H and O–H groups in total. The Balaban J connectivity index is 1.46. The molecule has 1 amide bonds. The van der Waals surface area contributed by atoms with Crippen LogP contribution in [0.1, 0.15) is 44.9 Å². The highest BCUT2D eigenvalue weighted by Gasteiger charge is 2.57. The van der Waals surface area contributed by atoms with E-state index in [1.54, 1.807) is 0 Å². The van der Waals surface area contributed by atoms with Gasteiger partial charge in [-0.1, -0.05) is 27.5 Å². The van der Waals surface area contributed by atoms with Gasteiger partial charge in [0.05, 0.1) is 0 Å². The van der Waals surface area contributed by atoms with Crippen molar-refractivity contribution in [2.45, 2.75) is 49.3 Å². The standard InChI is InChI=1S/C18H21BrClNO/c19-18-8-12-5-13(9-18)7-17(6-12,11-18)10-16(22)21-15-3-1-14(20)2-4-15/h1-4,12-13H,5-11H2,(H,21,22)/t12-,13+,17?,18?. The summed E-state index contributed by atoms with van der Waals surface area (Å²) in [5.74, 6) is 1.80. The third-order valence-corrected chi connectivity index (χ3v) is 6.95. The Morgan fingerprint density at radius 3 is 2.41 bits per heavy atom. The van der Waals surface area contributed by atoms with Crippen LogP contribution < -0.4 is 5.32 Å². The summed E-state index contributed by atoms with van der Waals surface area (Å²) in [5.41, 5.74) is 1.07. The average Bonchev–Trinajstić information content (AvgIpc) is 2.37. The first-order valence-electron chi connectivity index (χ1n) is 8.18. The summed E-state index contributed by atoms with van der Waals surface area (Å²) in [7, 11) is 0. The van der Waals surface area contributed by atoms with Gasteiger partial charge in [0.15, 0.2) is 0 Å². The Bertz CT molecular complexity index is 586. The normalized spacial score (nSPS) is 39.0. The minimum absolute atomic E-state index is 0.153. The van der Waals surface area contributed by atoms with Crippen molar-refractivity contribution >= 4 is 39.1 Å². The second-order valence-electron chi connectivity index (χ2n) is 7.84. The fourth-order valence-electron chi connectivity index (χ4n) is 5.62. The molecular weight excluding hydrogens is 362 g/mol. The average molecular weight is 383 g/mol. The quantitative estimate of drug-likeness (QED) is 0.696. The van der Waals surface area contributed by atoms with E-state index in [4.69, 9.17) is 11.6 Å². The fourth-order valence-corrected chi connectivity index (χ4v) is 7.26. The molecule has 0 heterocycles. The summed E-state index contributed by atoms with van der Waals surface area (Å²) in [6.07, 6.45) is 8.31. The monoisotopic (exact) mass is 381 g/mol. The Hall–Kier alpha value is -0.540. The predicted octanol–water partition coefficient (Wildman–Crippen LogP) is 5.40. The van der Waals surface area contributed by atoms with Crippen LogP contribution in [-0.2, 0) is 4.79 Å². The molecule has 4 bridgehead atoms. The highest BCUT2D eigenvalue weighted by atomic mass is 79.9. The molecule has 4 saturated carbocycles. The lowest BCUT2D eigenvalue weighted by Gasteiger charge is -2.60. The van der Waals surface area contributed by atoms with Crippen molar-refractivity contribution < 1.29 is 4.79 Å². The molecule has 1 aromatic rings. The maximum Gasteiger partial charge on any atom is 0.224 e. The van der Waals surface area contributed by atoms with E-state index >= 15 is 0 Å². The number of alkyl halides is 1. The molecule has 0 aromatic heterocycles. The van der Waals surface area contributed by atoms with Crippen molar-refractivity contribution in [3.63, 3.8) is 0 Å². The third kappa shape index (κ3) is 2.82. The minimum atomic E-state index is 0.153. The van der Waals surface area contributed by atoms with Crippen LogP contribution in [0.4, 0.5) is 5.69 Å². The summed E-state index contributed by atoms with van der Waals surface area (Å²) >= 11 is 9.90. The number of nitrogens with one attached hydrogen (secondary N) is 1.